The van der Waals surface area contributed by atoms with E-state index in [-0.39, 0.29) is 5.97 Å². The summed E-state index contributed by atoms with van der Waals surface area (Å²) >= 11 is 1.50. The van der Waals surface area contributed by atoms with Gasteiger partial charge in [-0.2, -0.15) is 0 Å². The summed E-state index contributed by atoms with van der Waals surface area (Å²) in [5.74, 6) is 5.10. The number of hydrogen-bond donors (Lipinski definition) is 2. The van der Waals surface area contributed by atoms with Gasteiger partial charge in [-0.1, -0.05) is 17.4 Å². The highest BCUT2D eigenvalue weighted by atomic mass is 32.1. The molecule has 0 amide bonds. The predicted molar refractivity (Wildman–Crippen MR) is 67.8 cm³/mol. The van der Waals surface area contributed by atoms with E-state index in [4.69, 9.17) is 5.84 Å². The Morgan fingerprint density at radius 1 is 1.59 bits per heavy atom. The molecule has 0 bridgehead atoms. The minimum absolute atomic E-state index is 0.201. The standard InChI is InChI=1S/C11H13N3O2S/c1-16-10(15)5-3-7-2-4-9-8(6-7)13-11(14-12)17-9/h2,4,6H,3,5,12H2,1H3,(H,13,14). The van der Waals surface area contributed by atoms with Gasteiger partial charge >= 0.3 is 5.97 Å². The Hall–Kier alpha value is -1.66. The van der Waals surface area contributed by atoms with Crippen molar-refractivity contribution in [3.8, 4) is 0 Å². The maximum atomic E-state index is 11.0. The Morgan fingerprint density at radius 3 is 3.12 bits per heavy atom. The van der Waals surface area contributed by atoms with Gasteiger partial charge in [0.2, 0.25) is 0 Å². The van der Waals surface area contributed by atoms with E-state index >= 15 is 0 Å². The van der Waals surface area contributed by atoms with E-state index in [0.29, 0.717) is 18.0 Å². The normalized spacial score (nSPS) is 10.5. The minimum atomic E-state index is -0.201. The van der Waals surface area contributed by atoms with Crippen LogP contribution in [-0.2, 0) is 16.0 Å². The van der Waals surface area contributed by atoms with Crippen LogP contribution in [-0.4, -0.2) is 18.1 Å². The second kappa shape index (κ2) is 5.11. The summed E-state index contributed by atoms with van der Waals surface area (Å²) in [6, 6.07) is 5.94. The molecule has 2 rings (SSSR count). The summed E-state index contributed by atoms with van der Waals surface area (Å²) in [5.41, 5.74) is 4.49. The van der Waals surface area contributed by atoms with Crippen LogP contribution in [0.1, 0.15) is 12.0 Å². The van der Waals surface area contributed by atoms with Crippen molar-refractivity contribution in [1.82, 2.24) is 4.98 Å². The number of ether oxygens (including phenoxy) is 1. The maximum absolute atomic E-state index is 11.0. The van der Waals surface area contributed by atoms with Gasteiger partial charge in [0.05, 0.1) is 17.3 Å². The number of nitrogens with one attached hydrogen (secondary N) is 1. The van der Waals surface area contributed by atoms with Gasteiger partial charge in [-0.15, -0.1) is 0 Å². The number of anilines is 1. The molecule has 1 aromatic carbocycles. The molecule has 2 aromatic rings. The van der Waals surface area contributed by atoms with Crippen LogP contribution in [0.4, 0.5) is 5.13 Å². The SMILES string of the molecule is COC(=O)CCc1ccc2sc(NN)nc2c1. The van der Waals surface area contributed by atoms with Gasteiger partial charge in [-0.25, -0.2) is 10.8 Å². The minimum Gasteiger partial charge on any atom is -0.469 e. The Bertz CT molecular complexity index is 538. The lowest BCUT2D eigenvalue weighted by Gasteiger charge is -2.00. The van der Waals surface area contributed by atoms with Gasteiger partial charge in [0.25, 0.3) is 0 Å². The van der Waals surface area contributed by atoms with Crippen molar-refractivity contribution < 1.29 is 9.53 Å². The van der Waals surface area contributed by atoms with Crippen LogP contribution in [0.25, 0.3) is 10.2 Å². The number of carbonyl (C=O) groups is 1. The summed E-state index contributed by atoms with van der Waals surface area (Å²) in [7, 11) is 1.39. The van der Waals surface area contributed by atoms with Gasteiger partial charge in [0, 0.05) is 6.42 Å². The zero-order chi connectivity index (χ0) is 12.3. The molecule has 0 aliphatic carbocycles. The fourth-order valence-electron chi connectivity index (χ4n) is 1.54. The molecule has 0 saturated carbocycles. The first kappa shape index (κ1) is 11.8. The number of nitrogens with two attached hydrogens (primary N) is 1. The number of hydrazine groups is 1. The number of methoxy groups -OCH3 is 1. The third-order valence-corrected chi connectivity index (χ3v) is 3.39. The van der Waals surface area contributed by atoms with E-state index in [1.165, 1.54) is 18.4 Å². The summed E-state index contributed by atoms with van der Waals surface area (Å²) in [6.07, 6.45) is 1.04. The van der Waals surface area contributed by atoms with Gasteiger partial charge in [0.15, 0.2) is 5.13 Å². The number of nitrogen functional groups attached to an aromatic ring is 1. The van der Waals surface area contributed by atoms with Crippen LogP contribution in [0.3, 0.4) is 0 Å². The van der Waals surface area contributed by atoms with Crippen LogP contribution < -0.4 is 11.3 Å². The lowest BCUT2D eigenvalue weighted by Crippen LogP contribution is -2.05. The average molecular weight is 251 g/mol. The van der Waals surface area contributed by atoms with E-state index in [0.717, 1.165) is 15.8 Å². The molecule has 17 heavy (non-hydrogen) atoms. The van der Waals surface area contributed by atoms with Crippen LogP contribution >= 0.6 is 11.3 Å². The fraction of sp³-hybridized carbons (Fsp3) is 0.273. The quantitative estimate of drug-likeness (QED) is 0.491. The second-order valence-corrected chi connectivity index (χ2v) is 4.57. The maximum Gasteiger partial charge on any atom is 0.305 e. The summed E-state index contributed by atoms with van der Waals surface area (Å²) < 4.78 is 5.67. The zero-order valence-corrected chi connectivity index (χ0v) is 10.2. The van der Waals surface area contributed by atoms with Crippen LogP contribution in [0, 0.1) is 0 Å². The zero-order valence-electron chi connectivity index (χ0n) is 9.40. The molecule has 90 valence electrons. The Balaban J connectivity index is 2.16. The predicted octanol–water partition coefficient (Wildman–Crippen LogP) is 1.69. The first-order valence-electron chi connectivity index (χ1n) is 5.16. The number of aryl methyl sites for hydroxylation is 1. The molecule has 0 aliphatic heterocycles. The largest absolute Gasteiger partial charge is 0.469 e. The van der Waals surface area contributed by atoms with Gasteiger partial charge in [-0.05, 0) is 24.1 Å². The van der Waals surface area contributed by atoms with E-state index < -0.39 is 0 Å². The topological polar surface area (TPSA) is 77.2 Å². The van der Waals surface area contributed by atoms with E-state index in [1.807, 2.05) is 18.2 Å². The van der Waals surface area contributed by atoms with E-state index in [9.17, 15) is 4.79 Å². The molecule has 1 aromatic heterocycles. The first-order chi connectivity index (χ1) is 8.22. The average Bonchev–Trinajstić information content (AvgIpc) is 2.77. The second-order valence-electron chi connectivity index (χ2n) is 3.54. The number of nitrogens with zero attached hydrogens (tertiary/aromatic N) is 1. The monoisotopic (exact) mass is 251 g/mol. The van der Waals surface area contributed by atoms with Crippen molar-refractivity contribution in [3.63, 3.8) is 0 Å². The number of fused-ring (bicyclic) bond motifs is 1. The van der Waals surface area contributed by atoms with Crippen LogP contribution in [0.5, 0.6) is 0 Å². The highest BCUT2D eigenvalue weighted by Gasteiger charge is 2.05. The number of benzene rings is 1. The van der Waals surface area contributed by atoms with Crippen LogP contribution in [0.15, 0.2) is 18.2 Å². The Morgan fingerprint density at radius 2 is 2.41 bits per heavy atom. The summed E-state index contributed by atoms with van der Waals surface area (Å²) in [4.78, 5) is 15.3. The first-order valence-corrected chi connectivity index (χ1v) is 5.97. The molecule has 0 atom stereocenters. The summed E-state index contributed by atoms with van der Waals surface area (Å²) in [6.45, 7) is 0. The van der Waals surface area contributed by atoms with Crippen molar-refractivity contribution in [2.75, 3.05) is 12.5 Å². The van der Waals surface area contributed by atoms with E-state index in [2.05, 4.69) is 15.1 Å². The van der Waals surface area contributed by atoms with Crippen molar-refractivity contribution in [2.24, 2.45) is 5.84 Å². The smallest absolute Gasteiger partial charge is 0.305 e. The molecule has 0 aliphatic rings. The molecule has 1 heterocycles. The van der Waals surface area contributed by atoms with Crippen molar-refractivity contribution in [2.45, 2.75) is 12.8 Å². The highest BCUT2D eigenvalue weighted by molar-refractivity contribution is 7.22. The molecule has 6 heteroatoms. The molecule has 0 fully saturated rings. The van der Waals surface area contributed by atoms with Crippen molar-refractivity contribution in [1.29, 1.82) is 0 Å². The molecule has 0 radical (unpaired) electrons. The number of aromatic nitrogens is 1. The molecule has 5 nitrogen and oxygen atoms in total. The molecule has 0 unspecified atom stereocenters. The number of rotatable bonds is 4. The Labute approximate surface area is 103 Å². The van der Waals surface area contributed by atoms with Gasteiger partial charge in [0.1, 0.15) is 0 Å². The number of hydrogen-bond acceptors (Lipinski definition) is 6. The van der Waals surface area contributed by atoms with Gasteiger partial charge in [-0.3, -0.25) is 10.2 Å². The van der Waals surface area contributed by atoms with Crippen molar-refractivity contribution >= 4 is 32.7 Å². The van der Waals surface area contributed by atoms with Crippen LogP contribution in [0.2, 0.25) is 0 Å². The summed E-state index contributed by atoms with van der Waals surface area (Å²) in [5, 5.41) is 0.685. The van der Waals surface area contributed by atoms with Crippen molar-refractivity contribution in [3.05, 3.63) is 23.8 Å². The number of thiazole rings is 1. The molecule has 0 saturated heterocycles. The highest BCUT2D eigenvalue weighted by Crippen LogP contribution is 2.26. The third-order valence-electron chi connectivity index (χ3n) is 2.42. The molecular weight excluding hydrogens is 238 g/mol. The Kier molecular flexibility index (Phi) is 3.55. The molecular formula is C11H13N3O2S. The third kappa shape index (κ3) is 2.72. The molecule has 0 spiro atoms. The lowest BCUT2D eigenvalue weighted by molar-refractivity contribution is -0.140. The number of esters is 1. The van der Waals surface area contributed by atoms with E-state index in [1.54, 1.807) is 0 Å². The fourth-order valence-corrected chi connectivity index (χ4v) is 2.30. The number of carbonyl (C=O) groups excluding carboxylic acids is 1. The lowest BCUT2D eigenvalue weighted by atomic mass is 10.1. The van der Waals surface area contributed by atoms with Gasteiger partial charge < -0.3 is 4.74 Å². The molecule has 3 N–H and O–H groups in total.